The van der Waals surface area contributed by atoms with Crippen LogP contribution in [0.1, 0.15) is 65.9 Å². The minimum absolute atomic E-state index is 0.0253. The molecular formula is C65H43Br3F3N5O12. The van der Waals surface area contributed by atoms with E-state index >= 15 is 0 Å². The molecule has 1 fully saturated rings. The SMILES string of the molecule is C=C1CC(=O)O1.CC(=O)c1c(-c2ccccc2F)c2cc(Br)ccc2[nH]c1=O.Nc1ccc(Br)cc1C(=O)c1ccccc1F.O=C(/C=C/c1cccc([N+](=O)[O-])c1)c1c(-c2ccccc2F)c2cc(Br)ccc2[nH]c1=O.O=Cc1cccc([N+](=O)[O-])c1. The van der Waals surface area contributed by atoms with Crippen LogP contribution in [0.25, 0.3) is 50.1 Å². The number of nitro groups is 2. The van der Waals surface area contributed by atoms with Crippen LogP contribution in [0.2, 0.25) is 0 Å². The first-order chi connectivity index (χ1) is 41.9. The van der Waals surface area contributed by atoms with Crippen molar-refractivity contribution in [2.24, 2.45) is 0 Å². The van der Waals surface area contributed by atoms with E-state index in [0.29, 0.717) is 72.7 Å². The van der Waals surface area contributed by atoms with Gasteiger partial charge in [-0.05, 0) is 97.4 Å². The first kappa shape index (κ1) is 65.2. The molecule has 8 aromatic carbocycles. The van der Waals surface area contributed by atoms with Crippen molar-refractivity contribution in [3.63, 3.8) is 0 Å². The number of aldehydes is 1. The number of H-pyrrole nitrogens is 2. The van der Waals surface area contributed by atoms with Crippen molar-refractivity contribution >= 4 is 122 Å². The Kier molecular flexibility index (Phi) is 22.0. The molecule has 2 aromatic heterocycles. The standard InChI is InChI=1S/C24H14BrFN2O4.C17H11BrFNO2.C13H9BrFNO.C7H5NO3.C4H4O2/c25-15-9-10-20-18(13-15)22(17-6-1-2-7-19(17)26)23(24(30)27-20)21(29)11-8-14-4-3-5-16(12-14)28(31)32;1-9(21)15-16(11-4-2-3-5-13(11)19)12-8-10(18)6-7-14(12)20-17(15)22;14-8-5-6-12(16)10(7-8)13(17)9-3-1-2-4-11(9)15;9-5-6-2-1-3-7(4-6)8(10)11;1-3-2-4(5)6-3/h1-13H,(H,27,30);2-8H,1H3,(H,20,22);1-7H,16H2;1-5H;1-2H2/b11-8+;;;;. The van der Waals surface area contributed by atoms with Crippen LogP contribution in [-0.2, 0) is 9.53 Å². The number of pyridine rings is 2. The number of ether oxygens (including phenoxy) is 1. The quantitative estimate of drug-likeness (QED) is 0.0207. The molecule has 0 amide bonds. The summed E-state index contributed by atoms with van der Waals surface area (Å²) in [7, 11) is 0. The van der Waals surface area contributed by atoms with E-state index in [2.05, 4.69) is 69.1 Å². The fraction of sp³-hybridized carbons (Fsp3) is 0.0308. The molecule has 0 unspecified atom stereocenters. The van der Waals surface area contributed by atoms with Crippen molar-refractivity contribution in [2.45, 2.75) is 13.3 Å². The molecule has 0 spiro atoms. The van der Waals surface area contributed by atoms with Crippen molar-refractivity contribution in [2.75, 3.05) is 5.73 Å². The first-order valence-corrected chi connectivity index (χ1v) is 27.9. The molecule has 11 rings (SSSR count). The summed E-state index contributed by atoms with van der Waals surface area (Å²) in [5, 5.41) is 22.2. The van der Waals surface area contributed by atoms with Gasteiger partial charge in [0.1, 0.15) is 35.9 Å². The number of nitro benzene ring substituents is 2. The van der Waals surface area contributed by atoms with Crippen molar-refractivity contribution in [1.29, 1.82) is 0 Å². The highest BCUT2D eigenvalue weighted by Gasteiger charge is 2.24. The van der Waals surface area contributed by atoms with E-state index in [-0.39, 0.29) is 50.7 Å². The highest BCUT2D eigenvalue weighted by Crippen LogP contribution is 2.35. The number of cyclic esters (lactones) is 1. The monoisotopic (exact) mass is 1380 g/mol. The van der Waals surface area contributed by atoms with E-state index in [0.717, 1.165) is 15.0 Å². The number of rotatable bonds is 11. The molecule has 0 radical (unpaired) electrons. The molecule has 4 N–H and O–H groups in total. The first-order valence-electron chi connectivity index (χ1n) is 25.6. The number of nitrogens with one attached hydrogen (secondary N) is 2. The lowest BCUT2D eigenvalue weighted by Gasteiger charge is -2.12. The molecule has 0 atom stereocenters. The lowest BCUT2D eigenvalue weighted by molar-refractivity contribution is -0.385. The highest BCUT2D eigenvalue weighted by atomic mass is 79.9. The number of anilines is 1. The zero-order valence-electron chi connectivity index (χ0n) is 45.5. The topological polar surface area (TPSA) is 273 Å². The average molecular weight is 1380 g/mol. The van der Waals surface area contributed by atoms with Gasteiger partial charge in [-0.1, -0.05) is 133 Å². The number of aromatic nitrogens is 2. The fourth-order valence-electron chi connectivity index (χ4n) is 8.53. The van der Waals surface area contributed by atoms with E-state index < -0.39 is 55.8 Å². The van der Waals surface area contributed by atoms with Crippen LogP contribution in [0.15, 0.2) is 217 Å². The average Bonchev–Trinajstić information content (AvgIpc) is 1.52. The number of nitrogens with two attached hydrogens (primary N) is 1. The van der Waals surface area contributed by atoms with Crippen LogP contribution in [-0.4, -0.2) is 49.4 Å². The normalized spacial score (nSPS) is 11.2. The summed E-state index contributed by atoms with van der Waals surface area (Å²) in [6, 6.07) is 44.4. The fourth-order valence-corrected chi connectivity index (χ4v) is 9.61. The van der Waals surface area contributed by atoms with Crippen LogP contribution in [0.3, 0.4) is 0 Å². The second-order valence-corrected chi connectivity index (χ2v) is 21.3. The summed E-state index contributed by atoms with van der Waals surface area (Å²) in [6.45, 7) is 4.67. The number of halogens is 6. The summed E-state index contributed by atoms with van der Waals surface area (Å²) >= 11 is 10.00. The second kappa shape index (κ2) is 29.6. The van der Waals surface area contributed by atoms with Crippen molar-refractivity contribution < 1.29 is 51.7 Å². The Morgan fingerprint density at radius 1 is 0.591 bits per heavy atom. The maximum Gasteiger partial charge on any atom is 0.318 e. The number of carbonyl (C=O) groups is 5. The van der Waals surface area contributed by atoms with Crippen LogP contribution < -0.4 is 16.9 Å². The Bertz CT molecular complexity index is 4590. The molecule has 1 aliphatic heterocycles. The minimum Gasteiger partial charge on any atom is -0.431 e. The van der Waals surface area contributed by atoms with Crippen LogP contribution in [0.5, 0.6) is 0 Å². The van der Waals surface area contributed by atoms with Gasteiger partial charge < -0.3 is 20.4 Å². The number of esters is 1. The van der Waals surface area contributed by atoms with Gasteiger partial charge >= 0.3 is 5.97 Å². The number of carbonyl (C=O) groups excluding carboxylic acids is 5. The highest BCUT2D eigenvalue weighted by molar-refractivity contribution is 9.11. The molecule has 88 heavy (non-hydrogen) atoms. The molecule has 442 valence electrons. The van der Waals surface area contributed by atoms with Crippen molar-refractivity contribution in [1.82, 2.24) is 9.97 Å². The zero-order chi connectivity index (χ0) is 63.9. The number of ketones is 3. The van der Waals surface area contributed by atoms with Gasteiger partial charge in [-0.15, -0.1) is 0 Å². The van der Waals surface area contributed by atoms with E-state index in [1.165, 1.54) is 97.9 Å². The number of aromatic amines is 2. The Balaban J connectivity index is 0.000000171. The van der Waals surface area contributed by atoms with Gasteiger partial charge in [-0.3, -0.25) is 53.8 Å². The van der Waals surface area contributed by atoms with Gasteiger partial charge in [0.2, 0.25) is 0 Å². The van der Waals surface area contributed by atoms with Crippen molar-refractivity contribution in [3.05, 3.63) is 300 Å². The third kappa shape index (κ3) is 16.3. The number of fused-ring (bicyclic) bond motifs is 2. The summed E-state index contributed by atoms with van der Waals surface area (Å²) in [5.41, 5.74) is 7.36. The number of nitrogen functional groups attached to an aromatic ring is 1. The number of Topliss-reactive ketones (excluding diaryl/α,β-unsaturated/α-hetero) is 1. The third-order valence-corrected chi connectivity index (χ3v) is 14.0. The lowest BCUT2D eigenvalue weighted by Crippen LogP contribution is -2.19. The second-order valence-electron chi connectivity index (χ2n) is 18.6. The Morgan fingerprint density at radius 3 is 1.51 bits per heavy atom. The zero-order valence-corrected chi connectivity index (χ0v) is 50.3. The number of benzene rings is 8. The molecule has 23 heteroatoms. The maximum atomic E-state index is 14.7. The Labute approximate surface area is 521 Å². The Hall–Kier alpha value is -10.4. The number of non-ortho nitro benzene ring substituents is 2. The largest absolute Gasteiger partial charge is 0.431 e. The molecule has 1 aliphatic rings. The molecule has 1 saturated heterocycles. The molecule has 0 aliphatic carbocycles. The smallest absolute Gasteiger partial charge is 0.318 e. The van der Waals surface area contributed by atoms with Gasteiger partial charge in [-0.2, -0.15) is 0 Å². The van der Waals surface area contributed by atoms with Crippen LogP contribution in [0.4, 0.5) is 30.2 Å². The molecule has 10 aromatic rings. The number of hydrogen-bond donors (Lipinski definition) is 3. The van der Waals surface area contributed by atoms with E-state index in [9.17, 15) is 67.0 Å². The Morgan fingerprint density at radius 2 is 1.05 bits per heavy atom. The molecule has 17 nitrogen and oxygen atoms in total. The summed E-state index contributed by atoms with van der Waals surface area (Å²) < 4.78 is 49.0. The van der Waals surface area contributed by atoms with E-state index in [1.54, 1.807) is 91.0 Å². The molecule has 0 bridgehead atoms. The third-order valence-electron chi connectivity index (χ3n) is 12.5. The lowest BCUT2D eigenvalue weighted by atomic mass is 9.93. The summed E-state index contributed by atoms with van der Waals surface area (Å²) in [6.07, 6.45) is 3.52. The van der Waals surface area contributed by atoms with Crippen LogP contribution >= 0.6 is 47.8 Å². The summed E-state index contributed by atoms with van der Waals surface area (Å²) in [5.74, 6) is -2.65. The number of hydrogen-bond acceptors (Lipinski definition) is 13. The van der Waals surface area contributed by atoms with Gasteiger partial charge in [0.05, 0.1) is 26.5 Å². The van der Waals surface area contributed by atoms with Gasteiger partial charge in [0.15, 0.2) is 17.3 Å². The number of allylic oxidation sites excluding steroid dienone is 1. The van der Waals surface area contributed by atoms with Gasteiger partial charge in [0, 0.05) is 98.6 Å². The van der Waals surface area contributed by atoms with Gasteiger partial charge in [-0.25, -0.2) is 13.2 Å². The minimum atomic E-state index is -0.660. The van der Waals surface area contributed by atoms with Crippen molar-refractivity contribution in [3.8, 4) is 22.3 Å². The molecule has 3 heterocycles. The summed E-state index contributed by atoms with van der Waals surface area (Å²) in [4.78, 5) is 108. The predicted octanol–water partition coefficient (Wildman–Crippen LogP) is 15.5. The molecular weight excluding hydrogens is 1340 g/mol. The van der Waals surface area contributed by atoms with E-state index in [4.69, 9.17) is 5.73 Å². The van der Waals surface area contributed by atoms with Gasteiger partial charge in [0.25, 0.3) is 22.5 Å². The van der Waals surface area contributed by atoms with Crippen LogP contribution in [0, 0.1) is 37.7 Å². The maximum absolute atomic E-state index is 14.7. The predicted molar refractivity (Wildman–Crippen MR) is 339 cm³/mol. The van der Waals surface area contributed by atoms with E-state index in [1.807, 2.05) is 0 Å². The number of nitrogens with zero attached hydrogens (tertiary/aromatic N) is 2. The molecule has 0 saturated carbocycles.